The van der Waals surface area contributed by atoms with Gasteiger partial charge in [0.2, 0.25) is 0 Å². The molecule has 1 amide bonds. The molecule has 0 saturated carbocycles. The molecule has 0 aromatic heterocycles. The highest BCUT2D eigenvalue weighted by atomic mass is 32.2. The molecule has 3 aromatic rings. The molecular formula is C26H30N2O3S. The van der Waals surface area contributed by atoms with Crippen LogP contribution in [0.25, 0.3) is 0 Å². The van der Waals surface area contributed by atoms with Gasteiger partial charge in [-0.1, -0.05) is 48.9 Å². The molecule has 0 spiro atoms. The van der Waals surface area contributed by atoms with Crippen LogP contribution < -0.4 is 10.0 Å². The minimum absolute atomic E-state index is 0.0896. The van der Waals surface area contributed by atoms with E-state index in [1.165, 1.54) is 6.07 Å². The zero-order chi connectivity index (χ0) is 23.5. The molecule has 2 N–H and O–H groups in total. The van der Waals surface area contributed by atoms with Crippen LogP contribution in [0.3, 0.4) is 0 Å². The zero-order valence-electron chi connectivity index (χ0n) is 19.2. The molecule has 32 heavy (non-hydrogen) atoms. The Bertz CT molecular complexity index is 1230. The van der Waals surface area contributed by atoms with Crippen LogP contribution in [0, 0.1) is 27.7 Å². The van der Waals surface area contributed by atoms with Crippen LogP contribution in [0.5, 0.6) is 0 Å². The van der Waals surface area contributed by atoms with Gasteiger partial charge in [-0.2, -0.15) is 0 Å². The molecular weight excluding hydrogens is 420 g/mol. The SMILES string of the molecule is CCC(NC(=O)c1ccc(C)c(S(=O)(=O)Nc2ccc(C)c(C)c2)c1)c1ccc(C)cc1. The van der Waals surface area contributed by atoms with Crippen LogP contribution in [0.15, 0.2) is 65.6 Å². The second kappa shape index (κ2) is 9.57. The number of sulfonamides is 1. The predicted molar refractivity (Wildman–Crippen MR) is 130 cm³/mol. The van der Waals surface area contributed by atoms with Gasteiger partial charge in [0, 0.05) is 11.3 Å². The van der Waals surface area contributed by atoms with Gasteiger partial charge in [-0.05, 0) is 80.6 Å². The van der Waals surface area contributed by atoms with Crippen molar-refractivity contribution in [2.75, 3.05) is 4.72 Å². The fourth-order valence-corrected chi connectivity index (χ4v) is 4.83. The van der Waals surface area contributed by atoms with Crippen LogP contribution in [0.1, 0.15) is 57.6 Å². The van der Waals surface area contributed by atoms with Crippen molar-refractivity contribution in [3.8, 4) is 0 Å². The minimum atomic E-state index is -3.85. The first-order chi connectivity index (χ1) is 15.1. The van der Waals surface area contributed by atoms with Crippen LogP contribution in [0.2, 0.25) is 0 Å². The lowest BCUT2D eigenvalue weighted by Gasteiger charge is -2.18. The Hall–Kier alpha value is -3.12. The number of nitrogens with one attached hydrogen (secondary N) is 2. The van der Waals surface area contributed by atoms with E-state index in [0.717, 1.165) is 28.7 Å². The number of anilines is 1. The summed E-state index contributed by atoms with van der Waals surface area (Å²) in [6.07, 6.45) is 0.722. The van der Waals surface area contributed by atoms with Crippen molar-refractivity contribution >= 4 is 21.6 Å². The molecule has 0 aliphatic heterocycles. The summed E-state index contributed by atoms with van der Waals surface area (Å²) in [4.78, 5) is 13.0. The Morgan fingerprint density at radius 2 is 1.50 bits per heavy atom. The highest BCUT2D eigenvalue weighted by molar-refractivity contribution is 7.92. The van der Waals surface area contributed by atoms with Gasteiger partial charge in [0.05, 0.1) is 10.9 Å². The van der Waals surface area contributed by atoms with Gasteiger partial charge in [-0.15, -0.1) is 0 Å². The maximum atomic E-state index is 13.1. The standard InChI is InChI=1S/C26H30N2O3S/c1-6-24(21-11-7-17(2)8-12-21)27-26(29)22-13-9-19(4)25(16-22)32(30,31)28-23-14-10-18(3)20(5)15-23/h7-16,24,28H,6H2,1-5H3,(H,27,29). The van der Waals surface area contributed by atoms with E-state index in [-0.39, 0.29) is 16.8 Å². The third kappa shape index (κ3) is 5.37. The van der Waals surface area contributed by atoms with E-state index in [2.05, 4.69) is 10.0 Å². The van der Waals surface area contributed by atoms with Crippen LogP contribution in [-0.4, -0.2) is 14.3 Å². The van der Waals surface area contributed by atoms with Crippen LogP contribution in [0.4, 0.5) is 5.69 Å². The van der Waals surface area contributed by atoms with E-state index in [1.807, 2.05) is 58.0 Å². The van der Waals surface area contributed by atoms with Gasteiger partial charge >= 0.3 is 0 Å². The smallest absolute Gasteiger partial charge is 0.262 e. The summed E-state index contributed by atoms with van der Waals surface area (Å²) in [7, 11) is -3.85. The van der Waals surface area contributed by atoms with Gasteiger partial charge in [-0.25, -0.2) is 8.42 Å². The van der Waals surface area contributed by atoms with Gasteiger partial charge in [0.15, 0.2) is 0 Å². The molecule has 3 rings (SSSR count). The van der Waals surface area contributed by atoms with Crippen molar-refractivity contribution in [1.82, 2.24) is 5.32 Å². The van der Waals surface area contributed by atoms with Gasteiger partial charge < -0.3 is 5.32 Å². The third-order valence-corrected chi connectivity index (χ3v) is 7.22. The molecule has 1 unspecified atom stereocenters. The molecule has 168 valence electrons. The normalized spacial score (nSPS) is 12.3. The first-order valence-electron chi connectivity index (χ1n) is 10.7. The van der Waals surface area contributed by atoms with Crippen molar-refractivity contribution in [2.45, 2.75) is 52.0 Å². The number of hydrogen-bond donors (Lipinski definition) is 2. The Kier molecular flexibility index (Phi) is 7.04. The van der Waals surface area contributed by atoms with Crippen molar-refractivity contribution in [3.05, 3.63) is 94.0 Å². The molecule has 3 aromatic carbocycles. The highest BCUT2D eigenvalue weighted by Crippen LogP contribution is 2.23. The van der Waals surface area contributed by atoms with E-state index < -0.39 is 10.0 Å². The number of benzene rings is 3. The molecule has 6 heteroatoms. The first kappa shape index (κ1) is 23.5. The largest absolute Gasteiger partial charge is 0.345 e. The topological polar surface area (TPSA) is 75.3 Å². The summed E-state index contributed by atoms with van der Waals surface area (Å²) in [5.41, 5.74) is 5.62. The number of carbonyl (C=O) groups excluding carboxylic acids is 1. The van der Waals surface area contributed by atoms with Gasteiger partial charge in [0.1, 0.15) is 0 Å². The van der Waals surface area contributed by atoms with Gasteiger partial charge in [-0.3, -0.25) is 9.52 Å². The summed E-state index contributed by atoms with van der Waals surface area (Å²) in [5, 5.41) is 3.03. The summed E-state index contributed by atoms with van der Waals surface area (Å²) in [6, 6.07) is 18.0. The van der Waals surface area contributed by atoms with Gasteiger partial charge in [0.25, 0.3) is 15.9 Å². The average molecular weight is 451 g/mol. The molecule has 5 nitrogen and oxygen atoms in total. The minimum Gasteiger partial charge on any atom is -0.345 e. The molecule has 0 fully saturated rings. The maximum Gasteiger partial charge on any atom is 0.262 e. The molecule has 0 bridgehead atoms. The Morgan fingerprint density at radius 3 is 2.12 bits per heavy atom. The first-order valence-corrected chi connectivity index (χ1v) is 12.2. The second-order valence-corrected chi connectivity index (χ2v) is 9.88. The predicted octanol–water partition coefficient (Wildman–Crippen LogP) is 5.60. The summed E-state index contributed by atoms with van der Waals surface area (Å²) in [6.45, 7) is 9.65. The lowest BCUT2D eigenvalue weighted by atomic mass is 10.0. The number of aryl methyl sites for hydroxylation is 4. The number of amides is 1. The summed E-state index contributed by atoms with van der Waals surface area (Å²) >= 11 is 0. The molecule has 0 saturated heterocycles. The average Bonchev–Trinajstić information content (AvgIpc) is 2.75. The quantitative estimate of drug-likeness (QED) is 0.492. The van der Waals surface area contributed by atoms with Crippen molar-refractivity contribution in [3.63, 3.8) is 0 Å². The van der Waals surface area contributed by atoms with E-state index in [9.17, 15) is 13.2 Å². The Labute approximate surface area is 190 Å². The van der Waals surface area contributed by atoms with Crippen LogP contribution >= 0.6 is 0 Å². The highest BCUT2D eigenvalue weighted by Gasteiger charge is 2.21. The molecule has 0 heterocycles. The van der Waals surface area contributed by atoms with E-state index in [1.54, 1.807) is 31.2 Å². The zero-order valence-corrected chi connectivity index (χ0v) is 20.0. The summed E-state index contributed by atoms with van der Waals surface area (Å²) in [5.74, 6) is -0.306. The van der Waals surface area contributed by atoms with E-state index in [0.29, 0.717) is 16.8 Å². The number of hydrogen-bond acceptors (Lipinski definition) is 3. The Morgan fingerprint density at radius 1 is 0.844 bits per heavy atom. The van der Waals surface area contributed by atoms with Crippen LogP contribution in [-0.2, 0) is 10.0 Å². The number of rotatable bonds is 7. The fourth-order valence-electron chi connectivity index (χ4n) is 3.51. The Balaban J connectivity index is 1.85. The second-order valence-electron chi connectivity index (χ2n) is 8.23. The van der Waals surface area contributed by atoms with Crippen molar-refractivity contribution in [2.24, 2.45) is 0 Å². The molecule has 1 atom stereocenters. The van der Waals surface area contributed by atoms with E-state index in [4.69, 9.17) is 0 Å². The lowest BCUT2D eigenvalue weighted by Crippen LogP contribution is -2.28. The number of carbonyl (C=O) groups is 1. The molecule has 0 aliphatic rings. The monoisotopic (exact) mass is 450 g/mol. The molecule has 0 aliphatic carbocycles. The summed E-state index contributed by atoms with van der Waals surface area (Å²) < 4.78 is 28.8. The van der Waals surface area contributed by atoms with E-state index >= 15 is 0 Å². The third-order valence-electron chi connectivity index (χ3n) is 5.69. The maximum absolute atomic E-state index is 13.1. The lowest BCUT2D eigenvalue weighted by molar-refractivity contribution is 0.0935. The van der Waals surface area contributed by atoms with Crippen molar-refractivity contribution < 1.29 is 13.2 Å². The van der Waals surface area contributed by atoms with Crippen molar-refractivity contribution in [1.29, 1.82) is 0 Å². The fraction of sp³-hybridized carbons (Fsp3) is 0.269. The molecule has 0 radical (unpaired) electrons.